The van der Waals surface area contributed by atoms with E-state index in [1.54, 1.807) is 0 Å². The molecule has 1 aliphatic rings. The van der Waals surface area contributed by atoms with Crippen molar-refractivity contribution in [2.75, 3.05) is 0 Å². The lowest BCUT2D eigenvalue weighted by atomic mass is 9.76. The Bertz CT molecular complexity index is 833. The van der Waals surface area contributed by atoms with Crippen molar-refractivity contribution in [1.29, 1.82) is 0 Å². The first-order valence-corrected chi connectivity index (χ1v) is 9.12. The molecule has 130 valence electrons. The van der Waals surface area contributed by atoms with Crippen molar-refractivity contribution in [3.63, 3.8) is 0 Å². The zero-order valence-corrected chi connectivity index (χ0v) is 15.5. The predicted molar refractivity (Wildman–Crippen MR) is 108 cm³/mol. The van der Waals surface area contributed by atoms with Crippen LogP contribution >= 0.6 is 0 Å². The van der Waals surface area contributed by atoms with Gasteiger partial charge in [-0.2, -0.15) is 0 Å². The quantitative estimate of drug-likeness (QED) is 0.629. The van der Waals surface area contributed by atoms with Crippen LogP contribution in [0.25, 0.3) is 22.3 Å². The fourth-order valence-corrected chi connectivity index (χ4v) is 3.28. The van der Waals surface area contributed by atoms with Gasteiger partial charge in [-0.05, 0) is 54.6 Å². The third-order valence-electron chi connectivity index (χ3n) is 5.16. The molecule has 0 amide bonds. The van der Waals surface area contributed by atoms with Crippen molar-refractivity contribution < 1.29 is 9.31 Å². The largest absolute Gasteiger partial charge is 0.494 e. The molecule has 1 saturated heterocycles. The van der Waals surface area contributed by atoms with Crippen LogP contribution in [0, 0.1) is 0 Å². The minimum atomic E-state index is -0.342. The molecule has 3 heteroatoms. The van der Waals surface area contributed by atoms with Crippen LogP contribution < -0.4 is 5.46 Å². The predicted octanol–water partition coefficient (Wildman–Crippen LogP) is 4.93. The molecule has 0 aromatic heterocycles. The van der Waals surface area contributed by atoms with E-state index in [0.717, 1.165) is 5.46 Å². The lowest BCUT2D eigenvalue weighted by Crippen LogP contribution is -2.35. The Morgan fingerprint density at radius 3 is 1.65 bits per heavy atom. The maximum atomic E-state index is 6.21. The molecule has 1 unspecified atom stereocenters. The first-order valence-electron chi connectivity index (χ1n) is 9.12. The van der Waals surface area contributed by atoms with E-state index < -0.39 is 0 Å². The second kappa shape index (κ2) is 6.75. The van der Waals surface area contributed by atoms with E-state index in [1.807, 2.05) is 12.1 Å². The summed E-state index contributed by atoms with van der Waals surface area (Å²) in [6.07, 6.45) is 0.0491. The van der Waals surface area contributed by atoms with Crippen molar-refractivity contribution in [2.24, 2.45) is 0 Å². The van der Waals surface area contributed by atoms with Crippen LogP contribution in [0.2, 0.25) is 0 Å². The van der Waals surface area contributed by atoms with E-state index in [4.69, 9.17) is 9.31 Å². The highest BCUT2D eigenvalue weighted by molar-refractivity contribution is 6.62. The Morgan fingerprint density at radius 1 is 0.731 bits per heavy atom. The van der Waals surface area contributed by atoms with E-state index in [0.29, 0.717) is 0 Å². The van der Waals surface area contributed by atoms with Gasteiger partial charge in [-0.25, -0.2) is 0 Å². The van der Waals surface area contributed by atoms with Crippen molar-refractivity contribution in [3.8, 4) is 22.3 Å². The lowest BCUT2D eigenvalue weighted by molar-refractivity contribution is 0.0842. The molecule has 3 aromatic carbocycles. The molecule has 0 spiro atoms. The molecule has 1 atom stereocenters. The number of hydrogen-bond donors (Lipinski definition) is 0. The van der Waals surface area contributed by atoms with E-state index >= 15 is 0 Å². The molecule has 3 aromatic rings. The van der Waals surface area contributed by atoms with Crippen LogP contribution in [-0.2, 0) is 9.31 Å². The zero-order valence-electron chi connectivity index (χ0n) is 15.5. The van der Waals surface area contributed by atoms with Gasteiger partial charge in [0.2, 0.25) is 0 Å². The molecular weight excluding hydrogens is 319 g/mol. The van der Waals surface area contributed by atoms with E-state index in [-0.39, 0.29) is 18.8 Å². The molecule has 2 nitrogen and oxygen atoms in total. The Labute approximate surface area is 155 Å². The first kappa shape index (κ1) is 17.1. The first-order chi connectivity index (χ1) is 12.5. The molecule has 26 heavy (non-hydrogen) atoms. The van der Waals surface area contributed by atoms with Crippen LogP contribution in [-0.4, -0.2) is 18.8 Å². The van der Waals surface area contributed by atoms with Gasteiger partial charge in [0.15, 0.2) is 0 Å². The smallest absolute Gasteiger partial charge is 0.402 e. The molecule has 1 heterocycles. The van der Waals surface area contributed by atoms with Gasteiger partial charge in [0.1, 0.15) is 0 Å². The summed E-state index contributed by atoms with van der Waals surface area (Å²) in [6, 6.07) is 27.5. The van der Waals surface area contributed by atoms with E-state index in [9.17, 15) is 0 Å². The fourth-order valence-electron chi connectivity index (χ4n) is 3.28. The van der Waals surface area contributed by atoms with Gasteiger partial charge in [-0.1, -0.05) is 72.8 Å². The Morgan fingerprint density at radius 2 is 1.23 bits per heavy atom. The third-order valence-corrected chi connectivity index (χ3v) is 5.16. The van der Waals surface area contributed by atoms with Crippen LogP contribution in [0.15, 0.2) is 78.9 Å². The summed E-state index contributed by atoms with van der Waals surface area (Å²) in [5, 5.41) is 0. The average molecular weight is 342 g/mol. The van der Waals surface area contributed by atoms with Gasteiger partial charge in [0, 0.05) is 0 Å². The van der Waals surface area contributed by atoms with Gasteiger partial charge < -0.3 is 9.31 Å². The maximum absolute atomic E-state index is 6.21. The third kappa shape index (κ3) is 3.33. The van der Waals surface area contributed by atoms with Crippen LogP contribution in [0.1, 0.15) is 20.8 Å². The summed E-state index contributed by atoms with van der Waals surface area (Å²) in [6.45, 7) is 6.23. The normalized spacial score (nSPS) is 18.9. The second-order valence-corrected chi connectivity index (χ2v) is 7.41. The SMILES string of the molecule is CC1OB(c2cc(-c3ccccc3)cc(-c3ccccc3)c2)OC1(C)C. The Balaban J connectivity index is 1.81. The van der Waals surface area contributed by atoms with Gasteiger partial charge in [-0.15, -0.1) is 0 Å². The molecule has 1 fully saturated rings. The molecular formula is C23H23BO2. The van der Waals surface area contributed by atoms with Gasteiger partial charge >= 0.3 is 7.12 Å². The highest BCUT2D eigenvalue weighted by Gasteiger charge is 2.44. The van der Waals surface area contributed by atoms with Crippen LogP contribution in [0.3, 0.4) is 0 Å². The second-order valence-electron chi connectivity index (χ2n) is 7.41. The van der Waals surface area contributed by atoms with Crippen molar-refractivity contribution in [3.05, 3.63) is 78.9 Å². The summed E-state index contributed by atoms with van der Waals surface area (Å²) in [5.74, 6) is 0. The standard InChI is InChI=1S/C23H23BO2/c1-17-23(2,3)26-24(25-17)22-15-20(18-10-6-4-7-11-18)14-21(16-22)19-12-8-5-9-13-19/h4-17H,1-3H3. The zero-order chi connectivity index (χ0) is 18.1. The highest BCUT2D eigenvalue weighted by atomic mass is 16.7. The monoisotopic (exact) mass is 342 g/mol. The number of benzene rings is 3. The Kier molecular flexibility index (Phi) is 4.43. The van der Waals surface area contributed by atoms with Crippen molar-refractivity contribution >= 4 is 12.6 Å². The fraction of sp³-hybridized carbons (Fsp3) is 0.217. The van der Waals surface area contributed by atoms with E-state index in [2.05, 4.69) is 87.5 Å². The molecule has 0 N–H and O–H groups in total. The van der Waals surface area contributed by atoms with Gasteiger partial charge in [0.05, 0.1) is 11.7 Å². The van der Waals surface area contributed by atoms with E-state index in [1.165, 1.54) is 22.3 Å². The molecule has 0 radical (unpaired) electrons. The van der Waals surface area contributed by atoms with Crippen molar-refractivity contribution in [1.82, 2.24) is 0 Å². The molecule has 4 rings (SSSR count). The summed E-state index contributed by atoms with van der Waals surface area (Å²) < 4.78 is 12.3. The summed E-state index contributed by atoms with van der Waals surface area (Å²) in [7, 11) is -0.342. The Hall–Kier alpha value is -2.36. The number of rotatable bonds is 3. The molecule has 0 aliphatic carbocycles. The van der Waals surface area contributed by atoms with Crippen molar-refractivity contribution in [2.45, 2.75) is 32.5 Å². The molecule has 1 aliphatic heterocycles. The van der Waals surface area contributed by atoms with Gasteiger partial charge in [0.25, 0.3) is 0 Å². The van der Waals surface area contributed by atoms with Gasteiger partial charge in [-0.3, -0.25) is 0 Å². The minimum absolute atomic E-state index is 0.0491. The topological polar surface area (TPSA) is 18.5 Å². The van der Waals surface area contributed by atoms with Crippen LogP contribution in [0.5, 0.6) is 0 Å². The summed E-state index contributed by atoms with van der Waals surface area (Å²) >= 11 is 0. The molecule has 0 saturated carbocycles. The summed E-state index contributed by atoms with van der Waals surface area (Å²) in [4.78, 5) is 0. The number of hydrogen-bond acceptors (Lipinski definition) is 2. The molecule has 0 bridgehead atoms. The minimum Gasteiger partial charge on any atom is -0.402 e. The average Bonchev–Trinajstić information content (AvgIpc) is 2.96. The highest BCUT2D eigenvalue weighted by Crippen LogP contribution is 2.30. The van der Waals surface area contributed by atoms with Crippen LogP contribution in [0.4, 0.5) is 0 Å². The summed E-state index contributed by atoms with van der Waals surface area (Å²) in [5.41, 5.74) is 5.50. The lowest BCUT2D eigenvalue weighted by Gasteiger charge is -2.21. The maximum Gasteiger partial charge on any atom is 0.494 e.